The molecule has 2 aromatic rings. The van der Waals surface area contributed by atoms with E-state index in [1.165, 1.54) is 11.3 Å². The largest absolute Gasteiger partial charge is 0.478 e. The summed E-state index contributed by atoms with van der Waals surface area (Å²) in [5.74, 6) is -4.14. The highest BCUT2D eigenvalue weighted by Gasteiger charge is 2.57. The molecule has 1 aromatic carbocycles. The minimum Gasteiger partial charge on any atom is -0.478 e. The summed E-state index contributed by atoms with van der Waals surface area (Å²) in [5, 5.41) is 2.73. The molecule has 6 heteroatoms. The number of rotatable bonds is 7. The summed E-state index contributed by atoms with van der Waals surface area (Å²) in [5.41, 5.74) is 2.17. The lowest BCUT2D eigenvalue weighted by Gasteiger charge is -2.13. The van der Waals surface area contributed by atoms with Gasteiger partial charge in [-0.15, -0.1) is 11.3 Å². The van der Waals surface area contributed by atoms with Crippen LogP contribution in [0.25, 0.3) is 11.1 Å². The molecule has 0 aliphatic heterocycles. The Balaban J connectivity index is 1.44. The first-order valence-electron chi connectivity index (χ1n) is 7.78. The maximum absolute atomic E-state index is 12.8. The monoisotopic (exact) mass is 352 g/mol. The molecule has 1 fully saturated rings. The Bertz CT molecular complexity index is 699. The van der Waals surface area contributed by atoms with E-state index >= 15 is 0 Å². The fourth-order valence-corrected chi connectivity index (χ4v) is 3.22. The molecule has 0 amide bonds. The first-order valence-corrected chi connectivity index (χ1v) is 8.66. The van der Waals surface area contributed by atoms with Crippen LogP contribution in [0, 0.1) is 5.92 Å². The number of benzene rings is 1. The highest BCUT2D eigenvalue weighted by molar-refractivity contribution is 7.12. The van der Waals surface area contributed by atoms with Crippen molar-refractivity contribution in [3.8, 4) is 16.2 Å². The summed E-state index contributed by atoms with van der Waals surface area (Å²) >= 11 is 1.47. The molecule has 2 unspecified atom stereocenters. The van der Waals surface area contributed by atoms with Crippen molar-refractivity contribution in [1.29, 1.82) is 0 Å². The van der Waals surface area contributed by atoms with Crippen LogP contribution in [-0.2, 0) is 9.53 Å². The Morgan fingerprint density at radius 3 is 2.71 bits per heavy atom. The molecular weight excluding hydrogens is 334 g/mol. The van der Waals surface area contributed by atoms with Crippen LogP contribution in [0.2, 0.25) is 0 Å². The normalized spacial score (nSPS) is 19.5. The van der Waals surface area contributed by atoms with Gasteiger partial charge < -0.3 is 9.47 Å². The quantitative estimate of drug-likeness (QED) is 0.673. The van der Waals surface area contributed by atoms with Gasteiger partial charge in [0.05, 0.1) is 6.42 Å². The number of carbonyl (C=O) groups is 1. The molecule has 1 aromatic heterocycles. The zero-order valence-corrected chi connectivity index (χ0v) is 14.0. The van der Waals surface area contributed by atoms with Crippen molar-refractivity contribution in [2.24, 2.45) is 5.92 Å². The standard InChI is InChI=1S/C18H18F2O3S/c1-12(10-22-16(21)8-15-9-18(15,19)20)23-17-7-14(11-24-17)13-5-3-2-4-6-13/h2-7,11-12,15H,8-10H2,1H3. The third kappa shape index (κ3) is 4.32. The van der Waals surface area contributed by atoms with E-state index in [2.05, 4.69) is 0 Å². The Kier molecular flexibility index (Phi) is 4.85. The molecule has 1 aliphatic carbocycles. The minimum atomic E-state index is -2.69. The highest BCUT2D eigenvalue weighted by atomic mass is 32.1. The van der Waals surface area contributed by atoms with Crippen LogP contribution >= 0.6 is 11.3 Å². The summed E-state index contributed by atoms with van der Waals surface area (Å²) in [4.78, 5) is 11.5. The third-order valence-corrected chi connectivity index (χ3v) is 4.67. The molecular formula is C18H18F2O3S. The second kappa shape index (κ2) is 6.89. The van der Waals surface area contributed by atoms with Gasteiger partial charge in [-0.05, 0) is 24.1 Å². The smallest absolute Gasteiger partial charge is 0.306 e. The number of ether oxygens (including phenoxy) is 2. The number of halogens is 2. The Hall–Kier alpha value is -1.95. The Morgan fingerprint density at radius 1 is 1.33 bits per heavy atom. The molecule has 0 bridgehead atoms. The van der Waals surface area contributed by atoms with Crippen LogP contribution < -0.4 is 4.74 Å². The van der Waals surface area contributed by atoms with E-state index in [1.807, 2.05) is 41.8 Å². The minimum absolute atomic E-state index is 0.0513. The predicted octanol–water partition coefficient (Wildman–Crippen LogP) is 4.77. The van der Waals surface area contributed by atoms with E-state index in [9.17, 15) is 13.6 Å². The molecule has 3 nitrogen and oxygen atoms in total. The summed E-state index contributed by atoms with van der Waals surface area (Å²) < 4.78 is 36.2. The second-order valence-electron chi connectivity index (χ2n) is 6.00. The van der Waals surface area contributed by atoms with E-state index in [4.69, 9.17) is 9.47 Å². The zero-order chi connectivity index (χ0) is 17.2. The molecule has 128 valence electrons. The van der Waals surface area contributed by atoms with Crippen LogP contribution in [0.1, 0.15) is 19.8 Å². The summed E-state index contributed by atoms with van der Waals surface area (Å²) in [6.07, 6.45) is -0.779. The van der Waals surface area contributed by atoms with Crippen molar-refractivity contribution < 1.29 is 23.0 Å². The van der Waals surface area contributed by atoms with Gasteiger partial charge in [-0.25, -0.2) is 8.78 Å². The first-order chi connectivity index (χ1) is 11.4. The zero-order valence-electron chi connectivity index (χ0n) is 13.2. The van der Waals surface area contributed by atoms with Crippen molar-refractivity contribution in [3.63, 3.8) is 0 Å². The van der Waals surface area contributed by atoms with E-state index < -0.39 is 17.8 Å². The Morgan fingerprint density at radius 2 is 2.04 bits per heavy atom. The van der Waals surface area contributed by atoms with Crippen LogP contribution in [-0.4, -0.2) is 24.6 Å². The van der Waals surface area contributed by atoms with Crippen molar-refractivity contribution in [1.82, 2.24) is 0 Å². The molecule has 0 saturated heterocycles. The Labute approximate surface area is 143 Å². The number of carbonyl (C=O) groups excluding carboxylic acids is 1. The van der Waals surface area contributed by atoms with Crippen molar-refractivity contribution in [3.05, 3.63) is 41.8 Å². The molecule has 2 atom stereocenters. The van der Waals surface area contributed by atoms with Gasteiger partial charge in [-0.2, -0.15) is 0 Å². The lowest BCUT2D eigenvalue weighted by Crippen LogP contribution is -2.21. The van der Waals surface area contributed by atoms with Crippen LogP contribution in [0.15, 0.2) is 41.8 Å². The number of hydrogen-bond acceptors (Lipinski definition) is 4. The average Bonchev–Trinajstić information content (AvgIpc) is 2.96. The molecule has 1 aliphatic rings. The van der Waals surface area contributed by atoms with Gasteiger partial charge >= 0.3 is 5.97 Å². The van der Waals surface area contributed by atoms with Gasteiger partial charge in [0.25, 0.3) is 5.92 Å². The van der Waals surface area contributed by atoms with E-state index in [0.29, 0.717) is 0 Å². The molecule has 1 heterocycles. The number of thiophene rings is 1. The highest BCUT2D eigenvalue weighted by Crippen LogP contribution is 2.50. The van der Waals surface area contributed by atoms with Gasteiger partial charge in [-0.3, -0.25) is 4.79 Å². The molecule has 0 N–H and O–H groups in total. The summed E-state index contributed by atoms with van der Waals surface area (Å²) in [6.45, 7) is 1.83. The maximum atomic E-state index is 12.8. The third-order valence-electron chi connectivity index (χ3n) is 3.85. The number of hydrogen-bond donors (Lipinski definition) is 0. The SMILES string of the molecule is CC(COC(=O)CC1CC1(F)F)Oc1cc(-c2ccccc2)cs1. The van der Waals surface area contributed by atoms with Gasteiger partial charge in [0.2, 0.25) is 0 Å². The fourth-order valence-electron chi connectivity index (χ4n) is 2.35. The van der Waals surface area contributed by atoms with Crippen LogP contribution in [0.3, 0.4) is 0 Å². The van der Waals surface area contributed by atoms with E-state index in [-0.39, 0.29) is 25.6 Å². The van der Waals surface area contributed by atoms with E-state index in [0.717, 1.165) is 16.2 Å². The number of alkyl halides is 2. The fraction of sp³-hybridized carbons (Fsp3) is 0.389. The molecule has 3 rings (SSSR count). The lowest BCUT2D eigenvalue weighted by molar-refractivity contribution is -0.146. The average molecular weight is 352 g/mol. The van der Waals surface area contributed by atoms with Crippen molar-refractivity contribution >= 4 is 17.3 Å². The van der Waals surface area contributed by atoms with Gasteiger partial charge in [0.1, 0.15) is 12.7 Å². The topological polar surface area (TPSA) is 35.5 Å². The van der Waals surface area contributed by atoms with Crippen molar-refractivity contribution in [2.45, 2.75) is 31.8 Å². The molecule has 0 spiro atoms. The molecule has 24 heavy (non-hydrogen) atoms. The lowest BCUT2D eigenvalue weighted by atomic mass is 10.1. The van der Waals surface area contributed by atoms with Gasteiger partial charge in [0, 0.05) is 17.7 Å². The summed E-state index contributed by atoms with van der Waals surface area (Å²) in [7, 11) is 0. The van der Waals surface area contributed by atoms with Crippen LogP contribution in [0.5, 0.6) is 5.06 Å². The van der Waals surface area contributed by atoms with Crippen LogP contribution in [0.4, 0.5) is 8.78 Å². The van der Waals surface area contributed by atoms with Gasteiger partial charge in [0.15, 0.2) is 5.06 Å². The van der Waals surface area contributed by atoms with Gasteiger partial charge in [-0.1, -0.05) is 30.3 Å². The first kappa shape index (κ1) is 16.9. The van der Waals surface area contributed by atoms with Crippen molar-refractivity contribution in [2.75, 3.05) is 6.61 Å². The maximum Gasteiger partial charge on any atom is 0.306 e. The molecule has 1 saturated carbocycles. The summed E-state index contributed by atoms with van der Waals surface area (Å²) in [6, 6.07) is 11.9. The molecule has 0 radical (unpaired) electrons. The van der Waals surface area contributed by atoms with E-state index in [1.54, 1.807) is 6.92 Å². The number of esters is 1. The second-order valence-corrected chi connectivity index (χ2v) is 6.87. The predicted molar refractivity (Wildman–Crippen MR) is 88.5 cm³/mol.